The Bertz CT molecular complexity index is 1130. The summed E-state index contributed by atoms with van der Waals surface area (Å²) in [5, 5.41) is 6.27. The fourth-order valence-corrected chi connectivity index (χ4v) is 3.28. The smallest absolute Gasteiger partial charge is 0.251 e. The van der Waals surface area contributed by atoms with Crippen LogP contribution in [0.3, 0.4) is 0 Å². The summed E-state index contributed by atoms with van der Waals surface area (Å²) < 4.78 is 0. The number of nitrogens with one attached hydrogen (secondary N) is 2. The monoisotopic (exact) mass is 408 g/mol. The molecule has 154 valence electrons. The van der Waals surface area contributed by atoms with E-state index in [-0.39, 0.29) is 5.91 Å². The maximum atomic E-state index is 12.5. The van der Waals surface area contributed by atoms with E-state index in [1.165, 1.54) is 5.56 Å². The zero-order valence-electron chi connectivity index (χ0n) is 17.2. The molecular weight excluding hydrogens is 384 g/mol. The number of carbonyl (C=O) groups is 1. The van der Waals surface area contributed by atoms with Crippen LogP contribution in [0.15, 0.2) is 97.2 Å². The molecule has 0 aliphatic carbocycles. The number of rotatable bonds is 8. The van der Waals surface area contributed by atoms with E-state index in [0.29, 0.717) is 23.8 Å². The third kappa shape index (κ3) is 5.76. The Morgan fingerprint density at radius 2 is 1.61 bits per heavy atom. The van der Waals surface area contributed by atoms with Gasteiger partial charge < -0.3 is 10.6 Å². The molecule has 0 aliphatic heterocycles. The highest BCUT2D eigenvalue weighted by molar-refractivity contribution is 5.95. The molecule has 0 spiro atoms. The second-order valence-electron chi connectivity index (χ2n) is 7.18. The molecule has 0 unspecified atom stereocenters. The molecule has 0 saturated heterocycles. The van der Waals surface area contributed by atoms with Crippen molar-refractivity contribution in [2.75, 3.05) is 11.9 Å². The molecule has 5 heteroatoms. The van der Waals surface area contributed by atoms with Gasteiger partial charge in [-0.3, -0.25) is 4.79 Å². The molecule has 0 bridgehead atoms. The van der Waals surface area contributed by atoms with Gasteiger partial charge in [-0.1, -0.05) is 66.7 Å². The van der Waals surface area contributed by atoms with Gasteiger partial charge in [0.15, 0.2) is 5.82 Å². The lowest BCUT2D eigenvalue weighted by Gasteiger charge is -2.10. The number of carbonyl (C=O) groups excluding carboxylic acids is 1. The summed E-state index contributed by atoms with van der Waals surface area (Å²) in [5.41, 5.74) is 3.65. The first-order valence-corrected chi connectivity index (χ1v) is 10.4. The van der Waals surface area contributed by atoms with E-state index < -0.39 is 0 Å². The second-order valence-corrected chi connectivity index (χ2v) is 7.18. The van der Waals surface area contributed by atoms with Crippen molar-refractivity contribution in [3.05, 3.63) is 108 Å². The minimum absolute atomic E-state index is 0.0793. The number of aromatic nitrogens is 2. The Hall–Kier alpha value is -3.99. The number of nitrogens with zero attached hydrogens (tertiary/aromatic N) is 2. The predicted molar refractivity (Wildman–Crippen MR) is 124 cm³/mol. The first kappa shape index (κ1) is 20.3. The lowest BCUT2D eigenvalue weighted by Crippen LogP contribution is -2.24. The van der Waals surface area contributed by atoms with Crippen molar-refractivity contribution < 1.29 is 4.79 Å². The Balaban J connectivity index is 1.35. The van der Waals surface area contributed by atoms with Gasteiger partial charge in [0.2, 0.25) is 0 Å². The Morgan fingerprint density at radius 1 is 0.839 bits per heavy atom. The van der Waals surface area contributed by atoms with Crippen LogP contribution in [0.25, 0.3) is 11.4 Å². The van der Waals surface area contributed by atoms with Gasteiger partial charge in [-0.25, -0.2) is 9.97 Å². The standard InChI is InChI=1S/C26H24N4O/c31-26(28-17-8-11-20-9-3-1-4-10-20)22-14-7-15-23(19-22)29-24-16-18-27-25(30-24)21-12-5-2-6-13-21/h1-7,9-10,12-16,18-19H,8,11,17H2,(H,28,31)(H,27,29,30). The molecule has 1 amide bonds. The molecule has 0 atom stereocenters. The molecule has 0 aliphatic rings. The lowest BCUT2D eigenvalue weighted by molar-refractivity contribution is 0.0953. The molecule has 4 rings (SSSR count). The molecule has 2 N–H and O–H groups in total. The zero-order valence-corrected chi connectivity index (χ0v) is 17.2. The van der Waals surface area contributed by atoms with E-state index in [9.17, 15) is 4.79 Å². The summed E-state index contributed by atoms with van der Waals surface area (Å²) in [5.74, 6) is 1.25. The van der Waals surface area contributed by atoms with Crippen LogP contribution < -0.4 is 10.6 Å². The minimum atomic E-state index is -0.0793. The van der Waals surface area contributed by atoms with Crippen LogP contribution in [-0.4, -0.2) is 22.4 Å². The SMILES string of the molecule is O=C(NCCCc1ccccc1)c1cccc(Nc2ccnc(-c3ccccc3)n2)c1. The van der Waals surface area contributed by atoms with Crippen molar-refractivity contribution >= 4 is 17.4 Å². The van der Waals surface area contributed by atoms with Gasteiger partial charge in [0.25, 0.3) is 5.91 Å². The average Bonchev–Trinajstić information content (AvgIpc) is 2.83. The maximum Gasteiger partial charge on any atom is 0.251 e. The van der Waals surface area contributed by atoms with Gasteiger partial charge >= 0.3 is 0 Å². The molecule has 0 fully saturated rings. The number of hydrogen-bond acceptors (Lipinski definition) is 4. The largest absolute Gasteiger partial charge is 0.352 e. The summed E-state index contributed by atoms with van der Waals surface area (Å²) in [7, 11) is 0. The van der Waals surface area contributed by atoms with Crippen LogP contribution >= 0.6 is 0 Å². The van der Waals surface area contributed by atoms with E-state index in [4.69, 9.17) is 0 Å². The highest BCUT2D eigenvalue weighted by Crippen LogP contribution is 2.19. The highest BCUT2D eigenvalue weighted by atomic mass is 16.1. The van der Waals surface area contributed by atoms with Crippen LogP contribution in [0.1, 0.15) is 22.3 Å². The molecule has 1 aromatic heterocycles. The van der Waals surface area contributed by atoms with Crippen molar-refractivity contribution in [1.82, 2.24) is 15.3 Å². The fourth-order valence-electron chi connectivity index (χ4n) is 3.28. The second kappa shape index (κ2) is 10.2. The molecule has 4 aromatic rings. The van der Waals surface area contributed by atoms with Crippen molar-refractivity contribution in [2.45, 2.75) is 12.8 Å². The van der Waals surface area contributed by atoms with Crippen molar-refractivity contribution in [2.24, 2.45) is 0 Å². The lowest BCUT2D eigenvalue weighted by atomic mass is 10.1. The molecule has 31 heavy (non-hydrogen) atoms. The van der Waals surface area contributed by atoms with Crippen LogP contribution in [-0.2, 0) is 6.42 Å². The highest BCUT2D eigenvalue weighted by Gasteiger charge is 2.07. The van der Waals surface area contributed by atoms with Gasteiger partial charge in [-0.15, -0.1) is 0 Å². The number of aryl methyl sites for hydroxylation is 1. The van der Waals surface area contributed by atoms with E-state index in [1.807, 2.05) is 78.9 Å². The van der Waals surface area contributed by atoms with Gasteiger partial charge in [0.05, 0.1) is 0 Å². The van der Waals surface area contributed by atoms with E-state index >= 15 is 0 Å². The summed E-state index contributed by atoms with van der Waals surface area (Å²) >= 11 is 0. The maximum absolute atomic E-state index is 12.5. The van der Waals surface area contributed by atoms with Gasteiger partial charge in [0.1, 0.15) is 5.82 Å². The fraction of sp³-hybridized carbons (Fsp3) is 0.115. The molecule has 0 radical (unpaired) electrons. The van der Waals surface area contributed by atoms with Gasteiger partial charge in [0, 0.05) is 29.6 Å². The molecule has 1 heterocycles. The Kier molecular flexibility index (Phi) is 6.65. The minimum Gasteiger partial charge on any atom is -0.352 e. The normalized spacial score (nSPS) is 10.5. The first-order valence-electron chi connectivity index (χ1n) is 10.4. The van der Waals surface area contributed by atoms with Gasteiger partial charge in [-0.2, -0.15) is 0 Å². The third-order valence-corrected chi connectivity index (χ3v) is 4.86. The predicted octanol–water partition coefficient (Wildman–Crippen LogP) is 5.25. The summed E-state index contributed by atoms with van der Waals surface area (Å²) in [6, 6.07) is 29.3. The van der Waals surface area contributed by atoms with E-state index in [0.717, 1.165) is 24.1 Å². The first-order chi connectivity index (χ1) is 15.3. The molecular formula is C26H24N4O. The van der Waals surface area contributed by atoms with E-state index in [1.54, 1.807) is 6.20 Å². The van der Waals surface area contributed by atoms with Crippen molar-refractivity contribution in [3.63, 3.8) is 0 Å². The Labute approximate surface area is 182 Å². The summed E-state index contributed by atoms with van der Waals surface area (Å²) in [6.45, 7) is 0.637. The topological polar surface area (TPSA) is 66.9 Å². The van der Waals surface area contributed by atoms with Crippen LogP contribution in [0.4, 0.5) is 11.5 Å². The average molecular weight is 409 g/mol. The number of anilines is 2. The number of hydrogen-bond donors (Lipinski definition) is 2. The van der Waals surface area contributed by atoms with Crippen molar-refractivity contribution in [3.8, 4) is 11.4 Å². The van der Waals surface area contributed by atoms with Crippen LogP contribution in [0.2, 0.25) is 0 Å². The van der Waals surface area contributed by atoms with Crippen molar-refractivity contribution in [1.29, 1.82) is 0 Å². The third-order valence-electron chi connectivity index (χ3n) is 4.86. The number of benzene rings is 3. The quantitative estimate of drug-likeness (QED) is 0.391. The van der Waals surface area contributed by atoms with Crippen LogP contribution in [0.5, 0.6) is 0 Å². The Morgan fingerprint density at radius 3 is 2.42 bits per heavy atom. The van der Waals surface area contributed by atoms with Gasteiger partial charge in [-0.05, 0) is 42.7 Å². The summed E-state index contributed by atoms with van der Waals surface area (Å²) in [6.07, 6.45) is 3.57. The van der Waals surface area contributed by atoms with E-state index in [2.05, 4.69) is 32.7 Å². The molecule has 3 aromatic carbocycles. The molecule has 5 nitrogen and oxygen atoms in total. The van der Waals surface area contributed by atoms with Crippen LogP contribution in [0, 0.1) is 0 Å². The zero-order chi connectivity index (χ0) is 21.3. The number of amides is 1. The summed E-state index contributed by atoms with van der Waals surface area (Å²) in [4.78, 5) is 21.5. The molecule has 0 saturated carbocycles.